The number of hydrogen-bond donors (Lipinski definition) is 0. The predicted molar refractivity (Wildman–Crippen MR) is 130 cm³/mol. The molecule has 0 bridgehead atoms. The van der Waals surface area contributed by atoms with E-state index in [0.29, 0.717) is 21.8 Å². The highest BCUT2D eigenvalue weighted by Gasteiger charge is 2.36. The Morgan fingerprint density at radius 2 is 1.54 bits per heavy atom. The smallest absolute Gasteiger partial charge is 0.343 e. The number of carbonyl (C=O) groups is 4. The third kappa shape index (κ3) is 5.94. The Morgan fingerprint density at radius 1 is 0.914 bits per heavy atom. The van der Waals surface area contributed by atoms with E-state index in [9.17, 15) is 19.2 Å². The summed E-state index contributed by atoms with van der Waals surface area (Å²) in [6, 6.07) is 19.7. The fourth-order valence-corrected chi connectivity index (χ4v) is 3.76. The van der Waals surface area contributed by atoms with Crippen LogP contribution in [0.2, 0.25) is 5.02 Å². The average molecular weight is 492 g/mol. The zero-order chi connectivity index (χ0) is 24.9. The van der Waals surface area contributed by atoms with E-state index >= 15 is 0 Å². The number of esters is 2. The number of amides is 1. The number of nitrogens with zero attached hydrogens (tertiary/aromatic N) is 1. The van der Waals surface area contributed by atoms with Crippen LogP contribution in [-0.2, 0) is 14.3 Å². The second-order valence-electron chi connectivity index (χ2n) is 8.19. The maximum atomic E-state index is 12.5. The SMILES string of the molecule is Cc1ccc(C(=O)Oc2ccc(C(=O)COC(=O)[C@@H]3CC(=O)N(c4ccc(Cl)cc4)C3)cc2)cc1. The fraction of sp³-hybridized carbons (Fsp3) is 0.185. The zero-order valence-electron chi connectivity index (χ0n) is 18.9. The molecule has 1 aliphatic heterocycles. The molecule has 35 heavy (non-hydrogen) atoms. The summed E-state index contributed by atoms with van der Waals surface area (Å²) in [5, 5.41) is 0.548. The molecule has 0 spiro atoms. The van der Waals surface area contributed by atoms with Crippen LogP contribution in [0.25, 0.3) is 0 Å². The molecule has 0 saturated carbocycles. The molecular weight excluding hydrogens is 470 g/mol. The summed E-state index contributed by atoms with van der Waals surface area (Å²) in [6.07, 6.45) is 0.0106. The number of anilines is 1. The van der Waals surface area contributed by atoms with Gasteiger partial charge in [0.25, 0.3) is 0 Å². The largest absolute Gasteiger partial charge is 0.457 e. The van der Waals surface area contributed by atoms with Gasteiger partial charge in [0.1, 0.15) is 5.75 Å². The molecule has 1 amide bonds. The van der Waals surface area contributed by atoms with Crippen molar-refractivity contribution >= 4 is 40.9 Å². The van der Waals surface area contributed by atoms with Crippen molar-refractivity contribution in [2.45, 2.75) is 13.3 Å². The van der Waals surface area contributed by atoms with Crippen molar-refractivity contribution in [1.29, 1.82) is 0 Å². The van der Waals surface area contributed by atoms with Gasteiger partial charge in [-0.05, 0) is 67.6 Å². The van der Waals surface area contributed by atoms with E-state index in [1.807, 2.05) is 19.1 Å². The van der Waals surface area contributed by atoms with Crippen LogP contribution >= 0.6 is 11.6 Å². The molecule has 0 unspecified atom stereocenters. The van der Waals surface area contributed by atoms with Crippen LogP contribution in [0.5, 0.6) is 5.75 Å². The van der Waals surface area contributed by atoms with Crippen LogP contribution in [0.4, 0.5) is 5.69 Å². The monoisotopic (exact) mass is 491 g/mol. The van der Waals surface area contributed by atoms with Crippen molar-refractivity contribution < 1.29 is 28.7 Å². The minimum Gasteiger partial charge on any atom is -0.457 e. The number of hydrogen-bond acceptors (Lipinski definition) is 6. The van der Waals surface area contributed by atoms with Crippen LogP contribution < -0.4 is 9.64 Å². The lowest BCUT2D eigenvalue weighted by molar-refractivity contribution is -0.147. The first-order chi connectivity index (χ1) is 16.8. The van der Waals surface area contributed by atoms with Gasteiger partial charge in [0, 0.05) is 29.2 Å². The number of Topliss-reactive ketones (excluding diaryl/α,β-unsaturated/α-hetero) is 1. The third-order valence-electron chi connectivity index (χ3n) is 5.62. The molecule has 1 aliphatic rings. The Bertz CT molecular complexity index is 1250. The Morgan fingerprint density at radius 3 is 2.20 bits per heavy atom. The summed E-state index contributed by atoms with van der Waals surface area (Å²) in [5.74, 6) is -2.08. The first-order valence-corrected chi connectivity index (χ1v) is 11.3. The van der Waals surface area contributed by atoms with Crippen LogP contribution in [-0.4, -0.2) is 36.8 Å². The van der Waals surface area contributed by atoms with Gasteiger partial charge in [-0.1, -0.05) is 29.3 Å². The van der Waals surface area contributed by atoms with Gasteiger partial charge < -0.3 is 14.4 Å². The van der Waals surface area contributed by atoms with Gasteiger partial charge >= 0.3 is 11.9 Å². The van der Waals surface area contributed by atoms with E-state index in [-0.39, 0.29) is 24.6 Å². The van der Waals surface area contributed by atoms with E-state index in [1.165, 1.54) is 29.2 Å². The van der Waals surface area contributed by atoms with Crippen LogP contribution in [0.1, 0.15) is 32.7 Å². The molecule has 0 N–H and O–H groups in total. The second-order valence-corrected chi connectivity index (χ2v) is 8.63. The standard InChI is InChI=1S/C27H22ClNO6/c1-17-2-4-19(5-3-17)27(33)35-23-12-6-18(7-13-23)24(30)16-34-26(32)20-14-25(31)29(15-20)22-10-8-21(28)9-11-22/h2-13,20H,14-16H2,1H3/t20-/m1/s1. The average Bonchev–Trinajstić information content (AvgIpc) is 3.25. The molecule has 178 valence electrons. The first kappa shape index (κ1) is 24.2. The molecular formula is C27H22ClNO6. The Balaban J connectivity index is 1.28. The van der Waals surface area contributed by atoms with E-state index < -0.39 is 30.2 Å². The molecule has 0 aliphatic carbocycles. The fourth-order valence-electron chi connectivity index (χ4n) is 3.64. The minimum atomic E-state index is -0.658. The summed E-state index contributed by atoms with van der Waals surface area (Å²) in [5.41, 5.74) is 2.40. The normalized spacial score (nSPS) is 15.1. The number of ketones is 1. The van der Waals surface area contributed by atoms with Crippen molar-refractivity contribution in [3.8, 4) is 5.75 Å². The maximum Gasteiger partial charge on any atom is 0.343 e. The topological polar surface area (TPSA) is 90.0 Å². The van der Waals surface area contributed by atoms with E-state index in [4.69, 9.17) is 21.1 Å². The Kier molecular flexibility index (Phi) is 7.27. The highest BCUT2D eigenvalue weighted by atomic mass is 35.5. The van der Waals surface area contributed by atoms with Crippen molar-refractivity contribution in [2.75, 3.05) is 18.1 Å². The highest BCUT2D eigenvalue weighted by molar-refractivity contribution is 6.30. The van der Waals surface area contributed by atoms with E-state index in [2.05, 4.69) is 0 Å². The molecule has 1 saturated heterocycles. The molecule has 3 aromatic carbocycles. The summed E-state index contributed by atoms with van der Waals surface area (Å²) < 4.78 is 10.5. The van der Waals surface area contributed by atoms with Crippen molar-refractivity contribution in [3.63, 3.8) is 0 Å². The highest BCUT2D eigenvalue weighted by Crippen LogP contribution is 2.27. The van der Waals surface area contributed by atoms with Crippen molar-refractivity contribution in [2.24, 2.45) is 5.92 Å². The van der Waals surface area contributed by atoms with Gasteiger partial charge in [-0.2, -0.15) is 0 Å². The molecule has 0 radical (unpaired) electrons. The Labute approximate surface area is 207 Å². The zero-order valence-corrected chi connectivity index (χ0v) is 19.7. The summed E-state index contributed by atoms with van der Waals surface area (Å²) in [4.78, 5) is 51.0. The molecule has 1 atom stereocenters. The lowest BCUT2D eigenvalue weighted by Crippen LogP contribution is -2.27. The van der Waals surface area contributed by atoms with Gasteiger partial charge in [-0.3, -0.25) is 14.4 Å². The van der Waals surface area contributed by atoms with Crippen LogP contribution in [0.3, 0.4) is 0 Å². The van der Waals surface area contributed by atoms with E-state index in [1.54, 1.807) is 36.4 Å². The number of rotatable bonds is 7. The lowest BCUT2D eigenvalue weighted by atomic mass is 10.1. The molecule has 7 nitrogen and oxygen atoms in total. The summed E-state index contributed by atoms with van der Waals surface area (Å²) in [6.45, 7) is 1.65. The third-order valence-corrected chi connectivity index (χ3v) is 5.87. The number of carbonyl (C=O) groups excluding carboxylic acids is 4. The molecule has 3 aromatic rings. The number of ether oxygens (including phenoxy) is 2. The molecule has 1 fully saturated rings. The van der Waals surface area contributed by atoms with Gasteiger partial charge in [0.2, 0.25) is 5.91 Å². The van der Waals surface area contributed by atoms with Crippen LogP contribution in [0.15, 0.2) is 72.8 Å². The van der Waals surface area contributed by atoms with Gasteiger partial charge in [-0.25, -0.2) is 4.79 Å². The molecule has 8 heteroatoms. The minimum absolute atomic E-state index is 0.0106. The van der Waals surface area contributed by atoms with E-state index in [0.717, 1.165) is 5.56 Å². The van der Waals surface area contributed by atoms with Crippen molar-refractivity contribution in [1.82, 2.24) is 0 Å². The summed E-state index contributed by atoms with van der Waals surface area (Å²) in [7, 11) is 0. The van der Waals surface area contributed by atoms with Crippen LogP contribution in [0, 0.1) is 12.8 Å². The Hall–Kier alpha value is -3.97. The number of halogens is 1. The number of aryl methyl sites for hydroxylation is 1. The summed E-state index contributed by atoms with van der Waals surface area (Å²) >= 11 is 5.88. The lowest BCUT2D eigenvalue weighted by Gasteiger charge is -2.16. The predicted octanol–water partition coefficient (Wildman–Crippen LogP) is 4.65. The van der Waals surface area contributed by atoms with Crippen molar-refractivity contribution in [3.05, 3.63) is 94.5 Å². The number of benzene rings is 3. The van der Waals surface area contributed by atoms with Gasteiger partial charge in [0.05, 0.1) is 11.5 Å². The first-order valence-electron chi connectivity index (χ1n) is 10.9. The molecule has 0 aromatic heterocycles. The maximum absolute atomic E-state index is 12.5. The molecule has 4 rings (SSSR count). The van der Waals surface area contributed by atoms with Gasteiger partial charge in [0.15, 0.2) is 12.4 Å². The second kappa shape index (κ2) is 10.5. The molecule has 1 heterocycles. The quantitative estimate of drug-likeness (QED) is 0.271. The van der Waals surface area contributed by atoms with Gasteiger partial charge in [-0.15, -0.1) is 0 Å².